The Morgan fingerprint density at radius 1 is 1.05 bits per heavy atom. The molecular weight excluding hydrogens is 238 g/mol. The molecule has 0 radical (unpaired) electrons. The third kappa shape index (κ3) is 3.82. The summed E-state index contributed by atoms with van der Waals surface area (Å²) in [5.41, 5.74) is 1.04. The number of allylic oxidation sites excluding steroid dienone is 4. The summed E-state index contributed by atoms with van der Waals surface area (Å²) in [6.07, 6.45) is 5.84. The smallest absolute Gasteiger partial charge is 0.152 e. The van der Waals surface area contributed by atoms with Crippen molar-refractivity contribution in [2.75, 3.05) is 0 Å². The van der Waals surface area contributed by atoms with E-state index in [2.05, 4.69) is 4.98 Å². The summed E-state index contributed by atoms with van der Waals surface area (Å²) in [6, 6.07) is 10.4. The Morgan fingerprint density at radius 2 is 1.63 bits per heavy atom. The van der Waals surface area contributed by atoms with Crippen molar-refractivity contribution < 1.29 is 0 Å². The summed E-state index contributed by atoms with van der Waals surface area (Å²) in [7, 11) is 0. The standard InChI is InChI=1S/C14H7N5/c15-7-11(8-16)5-14(6-12(9-17)10-18)13-1-3-19-4-2-13/h1-6,11H/b14-5-. The molecule has 0 amide bonds. The molecule has 0 aromatic carbocycles. The van der Waals surface area contributed by atoms with Crippen LogP contribution in [-0.4, -0.2) is 4.98 Å². The maximum atomic E-state index is 8.79. The number of hydrogen-bond acceptors (Lipinski definition) is 5. The van der Waals surface area contributed by atoms with Gasteiger partial charge in [0.25, 0.3) is 0 Å². The Kier molecular flexibility index (Phi) is 5.05. The van der Waals surface area contributed by atoms with E-state index in [0.717, 1.165) is 0 Å². The van der Waals surface area contributed by atoms with Gasteiger partial charge in [0, 0.05) is 12.4 Å². The van der Waals surface area contributed by atoms with Gasteiger partial charge in [-0.3, -0.25) is 4.98 Å². The molecule has 0 spiro atoms. The van der Waals surface area contributed by atoms with Gasteiger partial charge in [-0.15, -0.1) is 0 Å². The normalized spacial score (nSPS) is 9.63. The molecule has 19 heavy (non-hydrogen) atoms. The molecule has 0 bridgehead atoms. The molecule has 0 atom stereocenters. The number of hydrogen-bond donors (Lipinski definition) is 0. The second-order valence-electron chi connectivity index (χ2n) is 3.38. The Bertz CT molecular complexity index is 642. The van der Waals surface area contributed by atoms with E-state index in [-0.39, 0.29) is 5.57 Å². The van der Waals surface area contributed by atoms with Gasteiger partial charge in [0.15, 0.2) is 5.92 Å². The van der Waals surface area contributed by atoms with Crippen molar-refractivity contribution >= 4 is 5.57 Å². The fourth-order valence-corrected chi connectivity index (χ4v) is 1.30. The number of nitrogens with zero attached hydrogens (tertiary/aromatic N) is 5. The molecule has 1 aromatic rings. The van der Waals surface area contributed by atoms with Gasteiger partial charge in [0.05, 0.1) is 12.1 Å². The van der Waals surface area contributed by atoms with Crippen LogP contribution in [0.5, 0.6) is 0 Å². The van der Waals surface area contributed by atoms with Crippen molar-refractivity contribution in [3.63, 3.8) is 0 Å². The van der Waals surface area contributed by atoms with Gasteiger partial charge >= 0.3 is 0 Å². The lowest BCUT2D eigenvalue weighted by molar-refractivity contribution is 1.09. The average molecular weight is 245 g/mol. The average Bonchev–Trinajstić information content (AvgIpc) is 2.48. The van der Waals surface area contributed by atoms with E-state index in [0.29, 0.717) is 11.1 Å². The van der Waals surface area contributed by atoms with Crippen molar-refractivity contribution in [1.82, 2.24) is 4.98 Å². The Hall–Kier alpha value is -3.41. The van der Waals surface area contributed by atoms with E-state index in [1.54, 1.807) is 36.7 Å². The van der Waals surface area contributed by atoms with Crippen LogP contribution in [0, 0.1) is 51.2 Å². The van der Waals surface area contributed by atoms with Gasteiger partial charge in [-0.05, 0) is 35.4 Å². The third-order valence-electron chi connectivity index (χ3n) is 2.18. The maximum Gasteiger partial charge on any atom is 0.152 e. The predicted octanol–water partition coefficient (Wildman–Crippen LogP) is 2.10. The molecule has 0 aliphatic carbocycles. The van der Waals surface area contributed by atoms with Gasteiger partial charge < -0.3 is 0 Å². The van der Waals surface area contributed by atoms with E-state index < -0.39 is 5.92 Å². The summed E-state index contributed by atoms with van der Waals surface area (Å²) in [5.74, 6) is -0.946. The maximum absolute atomic E-state index is 8.79. The largest absolute Gasteiger partial charge is 0.265 e. The van der Waals surface area contributed by atoms with Gasteiger partial charge in [-0.25, -0.2) is 0 Å². The van der Waals surface area contributed by atoms with Crippen LogP contribution < -0.4 is 0 Å². The summed E-state index contributed by atoms with van der Waals surface area (Å²) in [5, 5.41) is 35.1. The van der Waals surface area contributed by atoms with Crippen LogP contribution in [0.1, 0.15) is 5.56 Å². The summed E-state index contributed by atoms with van der Waals surface area (Å²) < 4.78 is 0. The van der Waals surface area contributed by atoms with Crippen molar-refractivity contribution in [3.05, 3.63) is 47.8 Å². The van der Waals surface area contributed by atoms with Crippen LogP contribution in [0.15, 0.2) is 42.3 Å². The molecule has 1 heterocycles. The SMILES string of the molecule is N#CC(C#N)=C/C(=C/C(C#N)C#N)c1ccncc1. The van der Waals surface area contributed by atoms with Crippen LogP contribution in [0.25, 0.3) is 5.57 Å². The van der Waals surface area contributed by atoms with E-state index in [1.807, 2.05) is 12.1 Å². The highest BCUT2D eigenvalue weighted by Gasteiger charge is 2.06. The first kappa shape index (κ1) is 13.7. The zero-order valence-electron chi connectivity index (χ0n) is 9.78. The highest BCUT2D eigenvalue weighted by molar-refractivity contribution is 5.77. The first-order valence-electron chi connectivity index (χ1n) is 5.18. The first-order chi connectivity index (χ1) is 9.24. The minimum atomic E-state index is -0.946. The lowest BCUT2D eigenvalue weighted by Gasteiger charge is -2.02. The number of aromatic nitrogens is 1. The number of nitriles is 4. The summed E-state index contributed by atoms with van der Waals surface area (Å²) in [6.45, 7) is 0. The Labute approximate surface area is 110 Å². The highest BCUT2D eigenvalue weighted by Crippen LogP contribution is 2.19. The van der Waals surface area contributed by atoms with E-state index in [4.69, 9.17) is 21.0 Å². The lowest BCUT2D eigenvalue weighted by atomic mass is 10.00. The quantitative estimate of drug-likeness (QED) is 0.598. The number of pyridine rings is 1. The lowest BCUT2D eigenvalue weighted by Crippen LogP contribution is -1.91. The molecule has 0 aliphatic rings. The fraction of sp³-hybridized carbons (Fsp3) is 0.0714. The van der Waals surface area contributed by atoms with Crippen molar-refractivity contribution in [2.45, 2.75) is 0 Å². The molecule has 0 N–H and O–H groups in total. The van der Waals surface area contributed by atoms with Gasteiger partial charge in [0.1, 0.15) is 17.7 Å². The molecular formula is C14H7N5. The third-order valence-corrected chi connectivity index (χ3v) is 2.18. The number of rotatable bonds is 3. The topological polar surface area (TPSA) is 108 Å². The zero-order chi connectivity index (χ0) is 14.1. The van der Waals surface area contributed by atoms with Crippen molar-refractivity contribution in [2.24, 2.45) is 5.92 Å². The predicted molar refractivity (Wildman–Crippen MR) is 66.2 cm³/mol. The van der Waals surface area contributed by atoms with Crippen LogP contribution in [0.2, 0.25) is 0 Å². The summed E-state index contributed by atoms with van der Waals surface area (Å²) in [4.78, 5) is 3.86. The van der Waals surface area contributed by atoms with E-state index >= 15 is 0 Å². The molecule has 0 unspecified atom stereocenters. The summed E-state index contributed by atoms with van der Waals surface area (Å²) >= 11 is 0. The monoisotopic (exact) mass is 245 g/mol. The Morgan fingerprint density at radius 3 is 2.11 bits per heavy atom. The highest BCUT2D eigenvalue weighted by atomic mass is 14.6. The van der Waals surface area contributed by atoms with Crippen LogP contribution in [0.4, 0.5) is 0 Å². The molecule has 5 nitrogen and oxygen atoms in total. The molecule has 88 valence electrons. The van der Waals surface area contributed by atoms with Gasteiger partial charge in [-0.1, -0.05) is 0 Å². The van der Waals surface area contributed by atoms with E-state index in [1.165, 1.54) is 12.2 Å². The molecule has 5 heteroatoms. The minimum Gasteiger partial charge on any atom is -0.265 e. The van der Waals surface area contributed by atoms with Crippen LogP contribution >= 0.6 is 0 Å². The Balaban J connectivity index is 3.35. The second-order valence-corrected chi connectivity index (χ2v) is 3.38. The molecule has 1 aromatic heterocycles. The molecule has 0 fully saturated rings. The zero-order valence-corrected chi connectivity index (χ0v) is 9.78. The molecule has 0 saturated heterocycles. The molecule has 1 rings (SSSR count). The minimum absolute atomic E-state index is 0.0994. The first-order valence-corrected chi connectivity index (χ1v) is 5.18. The van der Waals surface area contributed by atoms with Gasteiger partial charge in [-0.2, -0.15) is 21.0 Å². The van der Waals surface area contributed by atoms with Gasteiger partial charge in [0.2, 0.25) is 0 Å². The second kappa shape index (κ2) is 7.02. The van der Waals surface area contributed by atoms with Crippen molar-refractivity contribution in [3.8, 4) is 24.3 Å². The van der Waals surface area contributed by atoms with Crippen molar-refractivity contribution in [1.29, 1.82) is 21.0 Å². The molecule has 0 saturated carbocycles. The van der Waals surface area contributed by atoms with Crippen LogP contribution in [-0.2, 0) is 0 Å². The molecule has 0 aliphatic heterocycles. The van der Waals surface area contributed by atoms with Crippen LogP contribution in [0.3, 0.4) is 0 Å². The van der Waals surface area contributed by atoms with E-state index in [9.17, 15) is 0 Å². The fourth-order valence-electron chi connectivity index (χ4n) is 1.30.